The second-order valence-electron chi connectivity index (χ2n) is 5.09. The molecule has 1 aromatic rings. The van der Waals surface area contributed by atoms with Crippen LogP contribution < -0.4 is 10.6 Å². The van der Waals surface area contributed by atoms with Gasteiger partial charge in [0.15, 0.2) is 0 Å². The van der Waals surface area contributed by atoms with Crippen molar-refractivity contribution in [2.75, 3.05) is 24.5 Å². The molecule has 0 unspecified atom stereocenters. The lowest BCUT2D eigenvalue weighted by Crippen LogP contribution is -2.25. The average Bonchev–Trinajstić information content (AvgIpc) is 2.61. The molecule has 0 saturated heterocycles. The van der Waals surface area contributed by atoms with Crippen LogP contribution in [0, 0.1) is 5.92 Å². The number of hydrogen-bond acceptors (Lipinski definition) is 2. The van der Waals surface area contributed by atoms with E-state index >= 15 is 0 Å². The fourth-order valence-electron chi connectivity index (χ4n) is 2.44. The van der Waals surface area contributed by atoms with Crippen molar-refractivity contribution in [1.29, 1.82) is 0 Å². The quantitative estimate of drug-likeness (QED) is 0.839. The lowest BCUT2D eigenvalue weighted by atomic mass is 10.1. The zero-order valence-corrected chi connectivity index (χ0v) is 10.4. The molecule has 2 nitrogen and oxygen atoms in total. The van der Waals surface area contributed by atoms with Gasteiger partial charge >= 0.3 is 0 Å². The summed E-state index contributed by atoms with van der Waals surface area (Å²) in [6, 6.07) is 6.84. The predicted molar refractivity (Wildman–Crippen MR) is 70.0 cm³/mol. The van der Waals surface area contributed by atoms with Crippen LogP contribution in [-0.4, -0.2) is 19.6 Å². The van der Waals surface area contributed by atoms with Crippen molar-refractivity contribution >= 4 is 5.69 Å². The van der Waals surface area contributed by atoms with E-state index in [1.54, 1.807) is 0 Å². The number of benzene rings is 1. The van der Waals surface area contributed by atoms with E-state index in [2.05, 4.69) is 36.9 Å². The SMILES string of the molecule is CC(C)CN1CCc2ccc(CCN)cc21. The molecule has 2 heteroatoms. The Morgan fingerprint density at radius 2 is 2.19 bits per heavy atom. The van der Waals surface area contributed by atoms with E-state index < -0.39 is 0 Å². The fraction of sp³-hybridized carbons (Fsp3) is 0.571. The minimum atomic E-state index is 0.726. The Kier molecular flexibility index (Phi) is 3.49. The van der Waals surface area contributed by atoms with Gasteiger partial charge in [-0.25, -0.2) is 0 Å². The zero-order valence-electron chi connectivity index (χ0n) is 10.4. The van der Waals surface area contributed by atoms with Crippen molar-refractivity contribution < 1.29 is 0 Å². The molecule has 16 heavy (non-hydrogen) atoms. The second kappa shape index (κ2) is 4.88. The molecule has 1 aliphatic rings. The molecule has 2 rings (SSSR count). The molecule has 0 bridgehead atoms. The maximum absolute atomic E-state index is 5.61. The van der Waals surface area contributed by atoms with E-state index in [9.17, 15) is 0 Å². The third-order valence-corrected chi connectivity index (χ3v) is 3.16. The Balaban J connectivity index is 2.19. The number of anilines is 1. The maximum atomic E-state index is 5.61. The van der Waals surface area contributed by atoms with E-state index in [1.807, 2.05) is 0 Å². The molecule has 0 spiro atoms. The first-order valence-electron chi connectivity index (χ1n) is 6.27. The van der Waals surface area contributed by atoms with Crippen LogP contribution in [0.1, 0.15) is 25.0 Å². The molecular weight excluding hydrogens is 196 g/mol. The van der Waals surface area contributed by atoms with Crippen molar-refractivity contribution in [3.8, 4) is 0 Å². The Labute approximate surface area is 98.4 Å². The predicted octanol–water partition coefficient (Wildman–Crippen LogP) is 2.21. The first-order chi connectivity index (χ1) is 7.70. The van der Waals surface area contributed by atoms with Crippen LogP contribution in [0.25, 0.3) is 0 Å². The molecule has 0 amide bonds. The van der Waals surface area contributed by atoms with E-state index in [0.717, 1.165) is 18.9 Å². The topological polar surface area (TPSA) is 29.3 Å². The van der Waals surface area contributed by atoms with Crippen molar-refractivity contribution in [2.45, 2.75) is 26.7 Å². The fourth-order valence-corrected chi connectivity index (χ4v) is 2.44. The first kappa shape index (κ1) is 11.5. The second-order valence-corrected chi connectivity index (χ2v) is 5.09. The Morgan fingerprint density at radius 1 is 1.38 bits per heavy atom. The van der Waals surface area contributed by atoms with Crippen LogP contribution in [0.2, 0.25) is 0 Å². The molecule has 88 valence electrons. The number of fused-ring (bicyclic) bond motifs is 1. The van der Waals surface area contributed by atoms with Gasteiger partial charge in [-0.05, 0) is 42.5 Å². The minimum Gasteiger partial charge on any atom is -0.371 e. The molecule has 1 aliphatic heterocycles. The molecule has 0 saturated carbocycles. The van der Waals surface area contributed by atoms with E-state index in [-0.39, 0.29) is 0 Å². The summed E-state index contributed by atoms with van der Waals surface area (Å²) >= 11 is 0. The van der Waals surface area contributed by atoms with Crippen LogP contribution in [0.3, 0.4) is 0 Å². The van der Waals surface area contributed by atoms with Crippen molar-refractivity contribution in [1.82, 2.24) is 0 Å². The third-order valence-electron chi connectivity index (χ3n) is 3.16. The van der Waals surface area contributed by atoms with Crippen LogP contribution >= 0.6 is 0 Å². The van der Waals surface area contributed by atoms with Gasteiger partial charge in [0.2, 0.25) is 0 Å². The summed E-state index contributed by atoms with van der Waals surface area (Å²) in [6.45, 7) is 7.64. The van der Waals surface area contributed by atoms with Gasteiger partial charge in [-0.2, -0.15) is 0 Å². The van der Waals surface area contributed by atoms with E-state index in [0.29, 0.717) is 0 Å². The van der Waals surface area contributed by atoms with Gasteiger partial charge in [-0.15, -0.1) is 0 Å². The maximum Gasteiger partial charge on any atom is 0.0402 e. The van der Waals surface area contributed by atoms with E-state index in [1.165, 1.54) is 36.3 Å². The summed E-state index contributed by atoms with van der Waals surface area (Å²) < 4.78 is 0. The summed E-state index contributed by atoms with van der Waals surface area (Å²) in [6.07, 6.45) is 2.19. The molecule has 2 N–H and O–H groups in total. The van der Waals surface area contributed by atoms with Gasteiger partial charge in [0.1, 0.15) is 0 Å². The number of nitrogens with zero attached hydrogens (tertiary/aromatic N) is 1. The number of rotatable bonds is 4. The Bertz CT molecular complexity index is 358. The summed E-state index contributed by atoms with van der Waals surface area (Å²) in [5.41, 5.74) is 9.93. The van der Waals surface area contributed by atoms with E-state index in [4.69, 9.17) is 5.73 Å². The normalized spacial score (nSPS) is 14.6. The van der Waals surface area contributed by atoms with Crippen molar-refractivity contribution in [3.63, 3.8) is 0 Å². The van der Waals surface area contributed by atoms with Gasteiger partial charge in [-0.3, -0.25) is 0 Å². The van der Waals surface area contributed by atoms with Crippen LogP contribution in [0.4, 0.5) is 5.69 Å². The van der Waals surface area contributed by atoms with Gasteiger partial charge in [-0.1, -0.05) is 26.0 Å². The van der Waals surface area contributed by atoms with Crippen LogP contribution in [0.15, 0.2) is 18.2 Å². The lowest BCUT2D eigenvalue weighted by molar-refractivity contribution is 0.622. The van der Waals surface area contributed by atoms with Gasteiger partial charge in [0.25, 0.3) is 0 Å². The Morgan fingerprint density at radius 3 is 2.88 bits per heavy atom. The lowest BCUT2D eigenvalue weighted by Gasteiger charge is -2.22. The molecule has 0 aromatic heterocycles. The van der Waals surface area contributed by atoms with Gasteiger partial charge in [0, 0.05) is 18.8 Å². The molecule has 0 radical (unpaired) electrons. The minimum absolute atomic E-state index is 0.726. The summed E-state index contributed by atoms with van der Waals surface area (Å²) in [7, 11) is 0. The largest absolute Gasteiger partial charge is 0.371 e. The van der Waals surface area contributed by atoms with Gasteiger partial charge < -0.3 is 10.6 Å². The van der Waals surface area contributed by atoms with Crippen LogP contribution in [0.5, 0.6) is 0 Å². The number of nitrogens with two attached hydrogens (primary N) is 1. The molecule has 0 atom stereocenters. The summed E-state index contributed by atoms with van der Waals surface area (Å²) in [5, 5.41) is 0. The van der Waals surface area contributed by atoms with Gasteiger partial charge in [0.05, 0.1) is 0 Å². The highest BCUT2D eigenvalue weighted by atomic mass is 15.1. The smallest absolute Gasteiger partial charge is 0.0402 e. The first-order valence-corrected chi connectivity index (χ1v) is 6.27. The Hall–Kier alpha value is -1.02. The monoisotopic (exact) mass is 218 g/mol. The number of hydrogen-bond donors (Lipinski definition) is 1. The van der Waals surface area contributed by atoms with Crippen molar-refractivity contribution in [2.24, 2.45) is 11.7 Å². The third kappa shape index (κ3) is 2.38. The molecule has 1 heterocycles. The standard InChI is InChI=1S/C14H22N2/c1-11(2)10-16-8-6-13-4-3-12(5-7-15)9-14(13)16/h3-4,9,11H,5-8,10,15H2,1-2H3. The zero-order chi connectivity index (χ0) is 11.5. The molecule has 1 aromatic carbocycles. The molecular formula is C14H22N2. The summed E-state index contributed by atoms with van der Waals surface area (Å²) in [4.78, 5) is 2.51. The molecule has 0 fully saturated rings. The average molecular weight is 218 g/mol. The van der Waals surface area contributed by atoms with Crippen LogP contribution in [-0.2, 0) is 12.8 Å². The highest BCUT2D eigenvalue weighted by Gasteiger charge is 2.19. The highest BCUT2D eigenvalue weighted by Crippen LogP contribution is 2.29. The summed E-state index contributed by atoms with van der Waals surface area (Å²) in [5.74, 6) is 0.726. The van der Waals surface area contributed by atoms with Crippen molar-refractivity contribution in [3.05, 3.63) is 29.3 Å². The highest BCUT2D eigenvalue weighted by molar-refractivity contribution is 5.59. The molecule has 0 aliphatic carbocycles.